The minimum absolute atomic E-state index is 0.00151. The zero-order valence-corrected chi connectivity index (χ0v) is 22.4. The van der Waals surface area contributed by atoms with Crippen LogP contribution >= 0.6 is 0 Å². The van der Waals surface area contributed by atoms with E-state index in [4.69, 9.17) is 4.74 Å². The van der Waals surface area contributed by atoms with Gasteiger partial charge in [-0.05, 0) is 64.7 Å². The molecule has 3 N–H and O–H groups in total. The molecule has 37 heavy (non-hydrogen) atoms. The van der Waals surface area contributed by atoms with Crippen LogP contribution in [0.2, 0.25) is 0 Å². The van der Waals surface area contributed by atoms with Crippen molar-refractivity contribution in [2.75, 3.05) is 31.5 Å². The van der Waals surface area contributed by atoms with Gasteiger partial charge in [-0.15, -0.1) is 0 Å². The molecule has 2 aromatic rings. The van der Waals surface area contributed by atoms with Gasteiger partial charge >= 0.3 is 12.1 Å². The molecule has 2 atom stereocenters. The van der Waals surface area contributed by atoms with Crippen LogP contribution in [0.15, 0.2) is 54.9 Å². The molecule has 202 valence electrons. The third-order valence-corrected chi connectivity index (χ3v) is 6.52. The molecule has 3 amide bonds. The van der Waals surface area contributed by atoms with Crippen molar-refractivity contribution in [2.24, 2.45) is 0 Å². The van der Waals surface area contributed by atoms with Crippen molar-refractivity contribution in [3.05, 3.63) is 60.4 Å². The Bertz CT molecular complexity index is 975. The largest absolute Gasteiger partial charge is 0.444 e. The molecule has 1 aromatic heterocycles. The van der Waals surface area contributed by atoms with E-state index in [2.05, 4.69) is 27.4 Å². The van der Waals surface area contributed by atoms with Gasteiger partial charge < -0.3 is 30.3 Å². The summed E-state index contributed by atoms with van der Waals surface area (Å²) in [6.07, 6.45) is 4.49. The Kier molecular flexibility index (Phi) is 10.3. The average molecular weight is 512 g/mol. The maximum Gasteiger partial charge on any atom is 0.407 e. The van der Waals surface area contributed by atoms with E-state index in [9.17, 15) is 14.7 Å². The van der Waals surface area contributed by atoms with Gasteiger partial charge in [0.15, 0.2) is 0 Å². The van der Waals surface area contributed by atoms with Gasteiger partial charge in [0, 0.05) is 37.9 Å². The first-order valence-electron chi connectivity index (χ1n) is 13.0. The quantitative estimate of drug-likeness (QED) is 0.460. The summed E-state index contributed by atoms with van der Waals surface area (Å²) in [6.45, 7) is 10.1. The van der Waals surface area contributed by atoms with Gasteiger partial charge in [0.1, 0.15) is 5.60 Å². The number of nitrogens with zero attached hydrogens (tertiary/aromatic N) is 3. The number of carbonyl (C=O) groups is 2. The van der Waals surface area contributed by atoms with E-state index < -0.39 is 17.8 Å². The highest BCUT2D eigenvalue weighted by atomic mass is 16.6. The average Bonchev–Trinajstić information content (AvgIpc) is 2.87. The zero-order chi connectivity index (χ0) is 26.8. The van der Waals surface area contributed by atoms with E-state index in [0.717, 1.165) is 37.9 Å². The lowest BCUT2D eigenvalue weighted by Gasteiger charge is -2.41. The Morgan fingerprint density at radius 2 is 1.86 bits per heavy atom. The van der Waals surface area contributed by atoms with Gasteiger partial charge in [0.2, 0.25) is 0 Å². The number of aliphatic hydroxyl groups excluding tert-OH is 1. The monoisotopic (exact) mass is 511 g/mol. The number of amides is 3. The van der Waals surface area contributed by atoms with Gasteiger partial charge in [-0.2, -0.15) is 0 Å². The van der Waals surface area contributed by atoms with Gasteiger partial charge in [-0.1, -0.05) is 30.3 Å². The number of anilines is 1. The van der Waals surface area contributed by atoms with Crippen LogP contribution in [0.5, 0.6) is 0 Å². The van der Waals surface area contributed by atoms with Crippen molar-refractivity contribution in [3.8, 4) is 0 Å². The van der Waals surface area contributed by atoms with Gasteiger partial charge in [-0.3, -0.25) is 4.98 Å². The maximum absolute atomic E-state index is 13.3. The highest BCUT2D eigenvalue weighted by Crippen LogP contribution is 2.24. The normalized spacial score (nSPS) is 16.5. The molecular weight excluding hydrogens is 470 g/mol. The number of piperidine rings is 1. The van der Waals surface area contributed by atoms with Crippen LogP contribution in [-0.4, -0.2) is 75.9 Å². The van der Waals surface area contributed by atoms with Crippen LogP contribution in [0.1, 0.15) is 58.6 Å². The summed E-state index contributed by atoms with van der Waals surface area (Å²) in [5.74, 6) is 0. The fraction of sp³-hybridized carbons (Fsp3) is 0.536. The predicted octanol–water partition coefficient (Wildman–Crippen LogP) is 4.42. The molecule has 0 aliphatic carbocycles. The van der Waals surface area contributed by atoms with E-state index in [1.54, 1.807) is 29.4 Å². The van der Waals surface area contributed by atoms with Crippen molar-refractivity contribution >= 4 is 17.8 Å². The minimum Gasteiger partial charge on any atom is -0.444 e. The number of carbonyl (C=O) groups excluding carboxylic acids is 2. The topological polar surface area (TPSA) is 107 Å². The molecule has 9 heteroatoms. The van der Waals surface area contributed by atoms with Crippen molar-refractivity contribution < 1.29 is 19.4 Å². The van der Waals surface area contributed by atoms with Crippen LogP contribution in [0.4, 0.5) is 15.3 Å². The van der Waals surface area contributed by atoms with Crippen LogP contribution < -0.4 is 10.6 Å². The van der Waals surface area contributed by atoms with Gasteiger partial charge in [0.05, 0.1) is 24.5 Å². The summed E-state index contributed by atoms with van der Waals surface area (Å²) in [5, 5.41) is 16.7. The van der Waals surface area contributed by atoms with Crippen LogP contribution in [0, 0.1) is 0 Å². The lowest BCUT2D eigenvalue weighted by atomic mass is 9.99. The number of aliphatic hydroxyl groups is 1. The minimum atomic E-state index is -0.781. The first kappa shape index (κ1) is 28.4. The molecule has 1 fully saturated rings. The molecule has 1 aromatic carbocycles. The molecule has 0 bridgehead atoms. The van der Waals surface area contributed by atoms with Crippen LogP contribution in [-0.2, 0) is 4.74 Å². The second kappa shape index (κ2) is 13.4. The third-order valence-electron chi connectivity index (χ3n) is 6.52. The summed E-state index contributed by atoms with van der Waals surface area (Å²) >= 11 is 0. The van der Waals surface area contributed by atoms with Crippen molar-refractivity contribution in [2.45, 2.75) is 70.7 Å². The second-order valence-corrected chi connectivity index (χ2v) is 10.6. The summed E-state index contributed by atoms with van der Waals surface area (Å²) in [4.78, 5) is 33.4. The van der Waals surface area contributed by atoms with E-state index >= 15 is 0 Å². The first-order valence-corrected chi connectivity index (χ1v) is 13.0. The molecule has 2 unspecified atom stereocenters. The molecule has 0 spiro atoms. The molecule has 3 rings (SSSR count). The number of hydrogen-bond acceptors (Lipinski definition) is 6. The summed E-state index contributed by atoms with van der Waals surface area (Å²) in [7, 11) is 0. The summed E-state index contributed by atoms with van der Waals surface area (Å²) in [5.41, 5.74) is 0.890. The highest BCUT2D eigenvalue weighted by Gasteiger charge is 2.31. The summed E-state index contributed by atoms with van der Waals surface area (Å²) in [6, 6.07) is 13.0. The Hall–Kier alpha value is -3.17. The molecule has 9 nitrogen and oxygen atoms in total. The molecule has 1 saturated heterocycles. The molecule has 0 radical (unpaired) electrons. The number of alkyl carbamates (subject to hydrolysis) is 1. The predicted molar refractivity (Wildman–Crippen MR) is 144 cm³/mol. The lowest BCUT2D eigenvalue weighted by molar-refractivity contribution is 0.0513. The molecule has 2 heterocycles. The number of rotatable bonds is 9. The highest BCUT2D eigenvalue weighted by molar-refractivity contribution is 5.89. The van der Waals surface area contributed by atoms with Gasteiger partial charge in [0.25, 0.3) is 0 Å². The molecular formula is C28H41N5O4. The number of likely N-dealkylation sites (tertiary alicyclic amines) is 1. The number of urea groups is 1. The van der Waals surface area contributed by atoms with Crippen LogP contribution in [0.25, 0.3) is 0 Å². The summed E-state index contributed by atoms with van der Waals surface area (Å²) < 4.78 is 5.30. The molecule has 1 aliphatic heterocycles. The number of benzene rings is 1. The fourth-order valence-corrected chi connectivity index (χ4v) is 4.51. The van der Waals surface area contributed by atoms with Crippen LogP contribution in [0.3, 0.4) is 0 Å². The number of hydrogen-bond donors (Lipinski definition) is 3. The first-order chi connectivity index (χ1) is 17.6. The number of pyridine rings is 1. The second-order valence-electron chi connectivity index (χ2n) is 10.6. The Balaban J connectivity index is 1.56. The van der Waals surface area contributed by atoms with E-state index in [1.807, 2.05) is 51.1 Å². The van der Waals surface area contributed by atoms with Crippen molar-refractivity contribution in [1.82, 2.24) is 20.1 Å². The van der Waals surface area contributed by atoms with Crippen molar-refractivity contribution in [1.29, 1.82) is 0 Å². The lowest BCUT2D eigenvalue weighted by Crippen LogP contribution is -2.51. The Morgan fingerprint density at radius 1 is 1.16 bits per heavy atom. The Labute approximate surface area is 220 Å². The number of aromatic nitrogens is 1. The smallest absolute Gasteiger partial charge is 0.407 e. The Morgan fingerprint density at radius 3 is 2.49 bits per heavy atom. The van der Waals surface area contributed by atoms with E-state index in [1.165, 1.54) is 0 Å². The standard InChI is InChI=1S/C28H41N5O4/c1-21(12-16-30-27(36)37-28(2,3)4)32-17-13-24(14-18-32)33(20-25(34)22-9-6-5-7-10-22)26(35)31-23-11-8-15-29-19-23/h5-11,15,19,21,24-25,34H,12-14,16-18,20H2,1-4H3,(H,30,36)(H,31,35). The number of ether oxygens (including phenoxy) is 1. The maximum atomic E-state index is 13.3. The van der Waals surface area contributed by atoms with E-state index in [0.29, 0.717) is 12.2 Å². The SMILES string of the molecule is CC(CCNC(=O)OC(C)(C)C)N1CCC(N(CC(O)c2ccccc2)C(=O)Nc2cccnc2)CC1. The fourth-order valence-electron chi connectivity index (χ4n) is 4.51. The van der Waals surface area contributed by atoms with Crippen molar-refractivity contribution in [3.63, 3.8) is 0 Å². The third kappa shape index (κ3) is 9.33. The molecule has 1 aliphatic rings. The van der Waals surface area contributed by atoms with E-state index in [-0.39, 0.29) is 24.7 Å². The number of nitrogens with one attached hydrogen (secondary N) is 2. The zero-order valence-electron chi connectivity index (χ0n) is 22.4. The molecule has 0 saturated carbocycles. The van der Waals surface area contributed by atoms with Gasteiger partial charge in [-0.25, -0.2) is 9.59 Å².